The minimum absolute atomic E-state index is 0.0199. The molecule has 1 rings (SSSR count). The van der Waals surface area contributed by atoms with E-state index in [-0.39, 0.29) is 12.0 Å². The fourth-order valence-electron chi connectivity index (χ4n) is 1.84. The van der Waals surface area contributed by atoms with Crippen LogP contribution in [0.25, 0.3) is 0 Å². The van der Waals surface area contributed by atoms with Crippen LogP contribution in [0.1, 0.15) is 33.3 Å². The minimum atomic E-state index is -0.842. The average Bonchev–Trinajstić information content (AvgIpc) is 2.31. The summed E-state index contributed by atoms with van der Waals surface area (Å²) in [6.45, 7) is 8.07. The van der Waals surface area contributed by atoms with E-state index in [0.717, 1.165) is 5.56 Å². The third kappa shape index (κ3) is 5.02. The number of carbonyl (C=O) groups is 1. The molecule has 0 aromatic heterocycles. The number of carboxylic acids is 1. The van der Waals surface area contributed by atoms with E-state index >= 15 is 0 Å². The SMILES string of the molecule is CC(C)Oc1ccc(CNC(C(=O)O)C(C)C)cc1Cl. The highest BCUT2D eigenvalue weighted by atomic mass is 35.5. The summed E-state index contributed by atoms with van der Waals surface area (Å²) in [5.74, 6) is -0.179. The van der Waals surface area contributed by atoms with Crippen LogP contribution in [0, 0.1) is 5.92 Å². The highest BCUT2D eigenvalue weighted by Gasteiger charge is 2.20. The summed E-state index contributed by atoms with van der Waals surface area (Å²) in [4.78, 5) is 11.1. The lowest BCUT2D eigenvalue weighted by atomic mass is 10.0. The van der Waals surface area contributed by atoms with Crippen molar-refractivity contribution < 1.29 is 14.6 Å². The molecule has 0 spiro atoms. The molecule has 0 heterocycles. The molecule has 0 saturated heterocycles. The molecule has 0 aliphatic rings. The van der Waals surface area contributed by atoms with E-state index in [4.69, 9.17) is 21.4 Å². The van der Waals surface area contributed by atoms with Gasteiger partial charge in [-0.3, -0.25) is 4.79 Å². The second-order valence-electron chi connectivity index (χ2n) is 5.37. The molecule has 2 N–H and O–H groups in total. The van der Waals surface area contributed by atoms with Crippen molar-refractivity contribution in [3.05, 3.63) is 28.8 Å². The Morgan fingerprint density at radius 1 is 1.35 bits per heavy atom. The summed E-state index contributed by atoms with van der Waals surface area (Å²) < 4.78 is 5.56. The van der Waals surface area contributed by atoms with Gasteiger partial charge in [0.1, 0.15) is 11.8 Å². The minimum Gasteiger partial charge on any atom is -0.489 e. The fourth-order valence-corrected chi connectivity index (χ4v) is 2.09. The van der Waals surface area contributed by atoms with E-state index in [1.165, 1.54) is 0 Å². The van der Waals surface area contributed by atoms with Crippen LogP contribution in [-0.4, -0.2) is 23.2 Å². The molecule has 0 aliphatic carbocycles. The molecule has 112 valence electrons. The molecule has 0 aliphatic heterocycles. The van der Waals surface area contributed by atoms with Crippen molar-refractivity contribution in [1.82, 2.24) is 5.32 Å². The first-order valence-electron chi connectivity index (χ1n) is 6.72. The number of rotatable bonds is 7. The lowest BCUT2D eigenvalue weighted by Gasteiger charge is -2.18. The number of halogens is 1. The summed E-state index contributed by atoms with van der Waals surface area (Å²) in [5.41, 5.74) is 0.929. The van der Waals surface area contributed by atoms with Gasteiger partial charge in [0.25, 0.3) is 0 Å². The topological polar surface area (TPSA) is 58.6 Å². The Kier molecular flexibility index (Phi) is 6.30. The summed E-state index contributed by atoms with van der Waals surface area (Å²) in [6.07, 6.45) is 0.0637. The number of benzene rings is 1. The van der Waals surface area contributed by atoms with Gasteiger partial charge in [0, 0.05) is 6.54 Å². The molecule has 0 radical (unpaired) electrons. The highest BCUT2D eigenvalue weighted by Crippen LogP contribution is 2.26. The summed E-state index contributed by atoms with van der Waals surface area (Å²) >= 11 is 6.14. The smallest absolute Gasteiger partial charge is 0.320 e. The molecule has 0 amide bonds. The lowest BCUT2D eigenvalue weighted by Crippen LogP contribution is -2.40. The van der Waals surface area contributed by atoms with E-state index in [1.807, 2.05) is 39.8 Å². The van der Waals surface area contributed by atoms with Crippen molar-refractivity contribution in [1.29, 1.82) is 0 Å². The largest absolute Gasteiger partial charge is 0.489 e. The molecule has 0 bridgehead atoms. The predicted molar refractivity (Wildman–Crippen MR) is 80.3 cm³/mol. The molecular weight excluding hydrogens is 278 g/mol. The number of aliphatic carboxylic acids is 1. The third-order valence-corrected chi connectivity index (χ3v) is 3.11. The van der Waals surface area contributed by atoms with Gasteiger partial charge in [0.2, 0.25) is 0 Å². The first-order valence-corrected chi connectivity index (χ1v) is 7.10. The standard InChI is InChI=1S/C15H22ClNO3/c1-9(2)14(15(18)19)17-8-11-5-6-13(12(16)7-11)20-10(3)4/h5-7,9-10,14,17H,8H2,1-4H3,(H,18,19). The van der Waals surface area contributed by atoms with E-state index in [0.29, 0.717) is 17.3 Å². The van der Waals surface area contributed by atoms with Crippen LogP contribution in [0.4, 0.5) is 0 Å². The van der Waals surface area contributed by atoms with Crippen molar-refractivity contribution in [2.45, 2.75) is 46.4 Å². The Balaban J connectivity index is 2.69. The Morgan fingerprint density at radius 3 is 2.45 bits per heavy atom. The Hall–Kier alpha value is -1.26. The van der Waals surface area contributed by atoms with Crippen LogP contribution >= 0.6 is 11.6 Å². The monoisotopic (exact) mass is 299 g/mol. The van der Waals surface area contributed by atoms with Gasteiger partial charge in [-0.2, -0.15) is 0 Å². The van der Waals surface area contributed by atoms with Crippen LogP contribution in [0.3, 0.4) is 0 Å². The second-order valence-corrected chi connectivity index (χ2v) is 5.78. The lowest BCUT2D eigenvalue weighted by molar-refractivity contribution is -0.140. The average molecular weight is 300 g/mol. The summed E-state index contributed by atoms with van der Waals surface area (Å²) in [7, 11) is 0. The Bertz CT molecular complexity index is 460. The first-order chi connectivity index (χ1) is 9.31. The van der Waals surface area contributed by atoms with Crippen LogP contribution in [-0.2, 0) is 11.3 Å². The zero-order chi connectivity index (χ0) is 15.3. The van der Waals surface area contributed by atoms with E-state index in [9.17, 15) is 4.79 Å². The van der Waals surface area contributed by atoms with Crippen molar-refractivity contribution in [3.63, 3.8) is 0 Å². The van der Waals surface area contributed by atoms with Gasteiger partial charge in [0.05, 0.1) is 11.1 Å². The van der Waals surface area contributed by atoms with Crippen molar-refractivity contribution in [3.8, 4) is 5.75 Å². The number of hydrogen-bond acceptors (Lipinski definition) is 3. The maximum absolute atomic E-state index is 11.1. The number of ether oxygens (including phenoxy) is 1. The van der Waals surface area contributed by atoms with Gasteiger partial charge in [-0.05, 0) is 37.5 Å². The van der Waals surface area contributed by atoms with E-state index in [1.54, 1.807) is 6.07 Å². The molecular formula is C15H22ClNO3. The molecule has 20 heavy (non-hydrogen) atoms. The fraction of sp³-hybridized carbons (Fsp3) is 0.533. The summed E-state index contributed by atoms with van der Waals surface area (Å²) in [6, 6.07) is 4.92. The van der Waals surface area contributed by atoms with Crippen LogP contribution in [0.2, 0.25) is 5.02 Å². The van der Waals surface area contributed by atoms with Crippen LogP contribution < -0.4 is 10.1 Å². The number of carboxylic acid groups (broad SMARTS) is 1. The van der Waals surface area contributed by atoms with Gasteiger partial charge >= 0.3 is 5.97 Å². The molecule has 0 fully saturated rings. The number of hydrogen-bond donors (Lipinski definition) is 2. The Labute approximate surface area is 125 Å². The molecule has 1 unspecified atom stereocenters. The highest BCUT2D eigenvalue weighted by molar-refractivity contribution is 6.32. The summed E-state index contributed by atoms with van der Waals surface area (Å²) in [5, 5.41) is 12.7. The number of nitrogens with one attached hydrogen (secondary N) is 1. The van der Waals surface area contributed by atoms with Crippen molar-refractivity contribution in [2.75, 3.05) is 0 Å². The quantitative estimate of drug-likeness (QED) is 0.811. The van der Waals surface area contributed by atoms with E-state index < -0.39 is 12.0 Å². The van der Waals surface area contributed by atoms with Crippen LogP contribution in [0.15, 0.2) is 18.2 Å². The normalized spacial score (nSPS) is 12.8. The molecule has 1 aromatic carbocycles. The molecule has 1 aromatic rings. The predicted octanol–water partition coefficient (Wildman–Crippen LogP) is 3.33. The Morgan fingerprint density at radius 2 is 2.00 bits per heavy atom. The van der Waals surface area contributed by atoms with Gasteiger partial charge in [-0.15, -0.1) is 0 Å². The maximum atomic E-state index is 11.1. The zero-order valence-corrected chi connectivity index (χ0v) is 13.1. The zero-order valence-electron chi connectivity index (χ0n) is 12.3. The second kappa shape index (κ2) is 7.50. The van der Waals surface area contributed by atoms with Gasteiger partial charge in [0.15, 0.2) is 0 Å². The van der Waals surface area contributed by atoms with Crippen molar-refractivity contribution >= 4 is 17.6 Å². The van der Waals surface area contributed by atoms with E-state index in [2.05, 4.69) is 5.32 Å². The van der Waals surface area contributed by atoms with Gasteiger partial charge < -0.3 is 15.2 Å². The maximum Gasteiger partial charge on any atom is 0.320 e. The van der Waals surface area contributed by atoms with Crippen molar-refractivity contribution in [2.24, 2.45) is 5.92 Å². The van der Waals surface area contributed by atoms with Gasteiger partial charge in [-0.1, -0.05) is 31.5 Å². The van der Waals surface area contributed by atoms with Crippen LogP contribution in [0.5, 0.6) is 5.75 Å². The molecule has 4 nitrogen and oxygen atoms in total. The third-order valence-electron chi connectivity index (χ3n) is 2.82. The molecule has 5 heteroatoms. The first kappa shape index (κ1) is 16.8. The molecule has 0 saturated carbocycles. The van der Waals surface area contributed by atoms with Gasteiger partial charge in [-0.25, -0.2) is 0 Å². The molecule has 1 atom stereocenters.